The summed E-state index contributed by atoms with van der Waals surface area (Å²) in [7, 11) is 0. The van der Waals surface area contributed by atoms with E-state index in [-0.39, 0.29) is 28.1 Å². The Morgan fingerprint density at radius 3 is 1.42 bits per heavy atom. The maximum atomic E-state index is 11.4. The summed E-state index contributed by atoms with van der Waals surface area (Å²) >= 11 is 0. The molecule has 0 unspecified atom stereocenters. The number of aromatic nitrogens is 2. The van der Waals surface area contributed by atoms with Crippen molar-refractivity contribution < 1.29 is 26.1 Å². The number of ketones is 2. The first-order valence-corrected chi connectivity index (χ1v) is 10.2. The maximum absolute atomic E-state index is 11.4. The number of rotatable bonds is 6. The SMILES string of the molecule is O=C1C=CC=CC1=CNCc1ccccn1.O=C1C=CC=CC1=CNCc1ccccn1.[Ni]. The molecule has 6 nitrogen and oxygen atoms in total. The van der Waals surface area contributed by atoms with Crippen LogP contribution in [0.2, 0.25) is 0 Å². The van der Waals surface area contributed by atoms with Crippen LogP contribution in [0.5, 0.6) is 0 Å². The van der Waals surface area contributed by atoms with Gasteiger partial charge in [0.15, 0.2) is 11.6 Å². The number of allylic oxidation sites excluding steroid dienone is 10. The van der Waals surface area contributed by atoms with Crippen LogP contribution >= 0.6 is 0 Å². The molecule has 0 atom stereocenters. The molecule has 2 aromatic rings. The van der Waals surface area contributed by atoms with Gasteiger partial charge in [-0.1, -0.05) is 36.4 Å². The van der Waals surface area contributed by atoms with Crippen molar-refractivity contribution in [3.63, 3.8) is 0 Å². The van der Waals surface area contributed by atoms with Crippen molar-refractivity contribution >= 4 is 11.6 Å². The van der Waals surface area contributed by atoms with Crippen molar-refractivity contribution in [2.75, 3.05) is 0 Å². The molecule has 2 aliphatic rings. The second-order valence-corrected chi connectivity index (χ2v) is 6.77. The smallest absolute Gasteiger partial charge is 0.187 e. The third kappa shape index (κ3) is 9.05. The van der Waals surface area contributed by atoms with Crippen molar-refractivity contribution in [3.8, 4) is 0 Å². The molecule has 0 amide bonds. The number of hydrogen-bond acceptors (Lipinski definition) is 6. The molecule has 2 N–H and O–H groups in total. The van der Waals surface area contributed by atoms with Crippen LogP contribution in [0.25, 0.3) is 0 Å². The van der Waals surface area contributed by atoms with Gasteiger partial charge in [-0.25, -0.2) is 0 Å². The Labute approximate surface area is 203 Å². The molecule has 170 valence electrons. The summed E-state index contributed by atoms with van der Waals surface area (Å²) in [5, 5.41) is 6.14. The van der Waals surface area contributed by atoms with Crippen molar-refractivity contribution in [1.29, 1.82) is 0 Å². The van der Waals surface area contributed by atoms with Crippen LogP contribution in [0.1, 0.15) is 11.4 Å². The van der Waals surface area contributed by atoms with E-state index in [2.05, 4.69) is 20.6 Å². The number of pyridine rings is 2. The summed E-state index contributed by atoms with van der Waals surface area (Å²) in [5.74, 6) is 0.0482. The van der Waals surface area contributed by atoms with Crippen LogP contribution in [-0.4, -0.2) is 21.5 Å². The van der Waals surface area contributed by atoms with Crippen LogP contribution in [0.3, 0.4) is 0 Å². The summed E-state index contributed by atoms with van der Waals surface area (Å²) in [4.78, 5) is 31.1. The van der Waals surface area contributed by atoms with Gasteiger partial charge in [0.05, 0.1) is 24.5 Å². The molecule has 2 heterocycles. The molecule has 0 radical (unpaired) electrons. The van der Waals surface area contributed by atoms with Crippen LogP contribution in [0, 0.1) is 0 Å². The van der Waals surface area contributed by atoms with E-state index in [9.17, 15) is 9.59 Å². The quantitative estimate of drug-likeness (QED) is 0.484. The van der Waals surface area contributed by atoms with Crippen molar-refractivity contribution in [2.45, 2.75) is 13.1 Å². The van der Waals surface area contributed by atoms with Crippen LogP contribution < -0.4 is 10.6 Å². The first-order chi connectivity index (χ1) is 15.7. The van der Waals surface area contributed by atoms with Crippen LogP contribution in [0.4, 0.5) is 0 Å². The zero-order valence-corrected chi connectivity index (χ0v) is 18.8. The largest absolute Gasteiger partial charge is 0.385 e. The predicted molar refractivity (Wildman–Crippen MR) is 125 cm³/mol. The molecule has 0 spiro atoms. The van der Waals surface area contributed by atoms with E-state index in [0.717, 1.165) is 11.4 Å². The van der Waals surface area contributed by atoms with Gasteiger partial charge in [-0.05, 0) is 48.6 Å². The zero-order valence-electron chi connectivity index (χ0n) is 17.8. The molecule has 0 aliphatic heterocycles. The minimum atomic E-state index is 0. The molecule has 0 saturated carbocycles. The molecule has 33 heavy (non-hydrogen) atoms. The molecule has 0 saturated heterocycles. The number of carbonyl (C=O) groups excluding carboxylic acids is 2. The fourth-order valence-electron chi connectivity index (χ4n) is 2.74. The van der Waals surface area contributed by atoms with E-state index in [4.69, 9.17) is 0 Å². The van der Waals surface area contributed by atoms with Gasteiger partial charge in [-0.3, -0.25) is 19.6 Å². The minimum Gasteiger partial charge on any atom is -0.385 e. The second-order valence-electron chi connectivity index (χ2n) is 6.77. The van der Waals surface area contributed by atoms with E-state index in [0.29, 0.717) is 24.2 Å². The van der Waals surface area contributed by atoms with Gasteiger partial charge in [0.1, 0.15) is 0 Å². The van der Waals surface area contributed by atoms with Gasteiger partial charge in [-0.15, -0.1) is 0 Å². The van der Waals surface area contributed by atoms with Crippen LogP contribution in [-0.2, 0) is 39.2 Å². The molecule has 0 fully saturated rings. The van der Waals surface area contributed by atoms with Gasteiger partial charge in [-0.2, -0.15) is 0 Å². The normalized spacial score (nSPS) is 16.2. The fourth-order valence-corrected chi connectivity index (χ4v) is 2.74. The van der Waals surface area contributed by atoms with Gasteiger partial charge >= 0.3 is 0 Å². The summed E-state index contributed by atoms with van der Waals surface area (Å²) in [5.41, 5.74) is 3.22. The fraction of sp³-hybridized carbons (Fsp3) is 0.0769. The van der Waals surface area contributed by atoms with Gasteiger partial charge in [0.25, 0.3) is 0 Å². The molecule has 4 rings (SSSR count). The number of nitrogens with one attached hydrogen (secondary N) is 2. The molecule has 0 aromatic carbocycles. The predicted octanol–water partition coefficient (Wildman–Crippen LogP) is 3.50. The Kier molecular flexibility index (Phi) is 11.0. The van der Waals surface area contributed by atoms with Gasteiger partial charge in [0, 0.05) is 52.4 Å². The molecule has 7 heteroatoms. The Balaban J connectivity index is 0.000000227. The average Bonchev–Trinajstić information content (AvgIpc) is 2.83. The molecular formula is C26H24N4NiO2. The molecule has 0 bridgehead atoms. The van der Waals surface area contributed by atoms with Crippen molar-refractivity contribution in [3.05, 3.63) is 132 Å². The summed E-state index contributed by atoms with van der Waals surface area (Å²) < 4.78 is 0. The monoisotopic (exact) mass is 482 g/mol. The summed E-state index contributed by atoms with van der Waals surface area (Å²) in [6.07, 6.45) is 20.8. The summed E-state index contributed by atoms with van der Waals surface area (Å²) in [6.45, 7) is 1.24. The van der Waals surface area contributed by atoms with Crippen molar-refractivity contribution in [1.82, 2.24) is 20.6 Å². The van der Waals surface area contributed by atoms with Gasteiger partial charge in [0.2, 0.25) is 0 Å². The summed E-state index contributed by atoms with van der Waals surface area (Å²) in [6, 6.07) is 11.5. The Hall–Kier alpha value is -3.83. The Morgan fingerprint density at radius 1 is 0.636 bits per heavy atom. The van der Waals surface area contributed by atoms with E-state index < -0.39 is 0 Å². The zero-order chi connectivity index (χ0) is 22.4. The van der Waals surface area contributed by atoms with E-state index in [1.165, 1.54) is 0 Å². The molecule has 2 aromatic heterocycles. The first-order valence-electron chi connectivity index (χ1n) is 10.2. The van der Waals surface area contributed by atoms with E-state index in [1.807, 2.05) is 48.6 Å². The first kappa shape index (κ1) is 25.4. The average molecular weight is 483 g/mol. The second kappa shape index (κ2) is 14.3. The molecule has 2 aliphatic carbocycles. The van der Waals surface area contributed by atoms with E-state index in [1.54, 1.807) is 61.2 Å². The van der Waals surface area contributed by atoms with Gasteiger partial charge < -0.3 is 10.6 Å². The third-order valence-corrected chi connectivity index (χ3v) is 4.37. The number of hydrogen-bond donors (Lipinski definition) is 2. The Morgan fingerprint density at radius 2 is 1.06 bits per heavy atom. The number of carbonyl (C=O) groups is 2. The number of nitrogens with zero attached hydrogens (tertiary/aromatic N) is 2. The Bertz CT molecular complexity index is 1010. The van der Waals surface area contributed by atoms with Crippen LogP contribution in [0.15, 0.2) is 121 Å². The molecular weight excluding hydrogens is 459 g/mol. The maximum Gasteiger partial charge on any atom is 0.187 e. The standard InChI is InChI=1S/2C13H12N2O.Ni/c2*16-13-7-2-1-5-11(13)9-14-10-12-6-3-4-8-15-12;/h2*1-9,14H,10H2;. The topological polar surface area (TPSA) is 84.0 Å². The van der Waals surface area contributed by atoms with E-state index >= 15 is 0 Å². The third-order valence-electron chi connectivity index (χ3n) is 4.37. The minimum absolute atomic E-state index is 0. The van der Waals surface area contributed by atoms with Crippen molar-refractivity contribution in [2.24, 2.45) is 0 Å².